The van der Waals surface area contributed by atoms with E-state index in [0.29, 0.717) is 6.42 Å². The van der Waals surface area contributed by atoms with Crippen LogP contribution in [0.3, 0.4) is 0 Å². The molecule has 2 rings (SSSR count). The lowest BCUT2D eigenvalue weighted by Gasteiger charge is -2.13. The van der Waals surface area contributed by atoms with Crippen molar-refractivity contribution in [3.63, 3.8) is 0 Å². The van der Waals surface area contributed by atoms with Crippen molar-refractivity contribution in [2.24, 2.45) is 12.8 Å². The fourth-order valence-electron chi connectivity index (χ4n) is 1.81. The van der Waals surface area contributed by atoms with Crippen molar-refractivity contribution in [1.29, 1.82) is 0 Å². The average molecular weight is 230 g/mol. The summed E-state index contributed by atoms with van der Waals surface area (Å²) in [5, 5.41) is 4.05. The van der Waals surface area contributed by atoms with Crippen molar-refractivity contribution >= 4 is 0 Å². The maximum Gasteiger partial charge on any atom is 0.138 e. The van der Waals surface area contributed by atoms with Crippen molar-refractivity contribution < 1.29 is 0 Å². The summed E-state index contributed by atoms with van der Waals surface area (Å²) >= 11 is 0. The maximum atomic E-state index is 6.19. The number of aromatic nitrogens is 3. The molecule has 1 heterocycles. The van der Waals surface area contributed by atoms with Gasteiger partial charge in [-0.15, -0.1) is 0 Å². The van der Waals surface area contributed by atoms with Crippen molar-refractivity contribution in [2.45, 2.75) is 26.3 Å². The Balaban J connectivity index is 2.17. The van der Waals surface area contributed by atoms with Gasteiger partial charge < -0.3 is 5.73 Å². The Kier molecular flexibility index (Phi) is 3.24. The first-order valence-corrected chi connectivity index (χ1v) is 5.73. The molecule has 0 aliphatic carbocycles. The van der Waals surface area contributed by atoms with Crippen molar-refractivity contribution in [2.75, 3.05) is 0 Å². The summed E-state index contributed by atoms with van der Waals surface area (Å²) in [4.78, 5) is 4.19. The molecule has 0 radical (unpaired) electrons. The summed E-state index contributed by atoms with van der Waals surface area (Å²) in [6, 6.07) is 6.32. The summed E-state index contributed by atoms with van der Waals surface area (Å²) in [7, 11) is 1.88. The highest BCUT2D eigenvalue weighted by Crippen LogP contribution is 2.18. The molecular weight excluding hydrogens is 212 g/mol. The van der Waals surface area contributed by atoms with E-state index in [2.05, 4.69) is 42.1 Å². The quantitative estimate of drug-likeness (QED) is 0.872. The van der Waals surface area contributed by atoms with E-state index >= 15 is 0 Å². The second-order valence-corrected chi connectivity index (χ2v) is 4.45. The van der Waals surface area contributed by atoms with Gasteiger partial charge in [0.1, 0.15) is 12.2 Å². The first kappa shape index (κ1) is 11.8. The zero-order chi connectivity index (χ0) is 12.4. The molecule has 4 nitrogen and oxygen atoms in total. The van der Waals surface area contributed by atoms with Crippen molar-refractivity contribution in [3.05, 3.63) is 47.0 Å². The van der Waals surface area contributed by atoms with Crippen molar-refractivity contribution in [3.8, 4) is 0 Å². The summed E-state index contributed by atoms with van der Waals surface area (Å²) in [5.74, 6) is 0.913. The standard InChI is InChI=1S/C13H18N4/c1-9-4-5-11(6-10(9)2)12(14)7-13-15-8-16-17(13)3/h4-6,8,12H,7,14H2,1-3H3. The van der Waals surface area contributed by atoms with Gasteiger partial charge in [0.05, 0.1) is 0 Å². The molecule has 0 aliphatic heterocycles. The molecule has 0 aliphatic rings. The normalized spacial score (nSPS) is 12.7. The number of hydrogen-bond donors (Lipinski definition) is 1. The minimum absolute atomic E-state index is 0.0304. The SMILES string of the molecule is Cc1ccc(C(N)Cc2ncnn2C)cc1C. The molecule has 0 spiro atoms. The van der Waals surface area contributed by atoms with Gasteiger partial charge in [-0.3, -0.25) is 4.68 Å². The summed E-state index contributed by atoms with van der Waals surface area (Å²) < 4.78 is 1.76. The molecule has 4 heteroatoms. The Labute approximate surface area is 101 Å². The maximum absolute atomic E-state index is 6.19. The molecule has 0 bridgehead atoms. The van der Waals surface area contributed by atoms with E-state index in [4.69, 9.17) is 5.73 Å². The van der Waals surface area contributed by atoms with Crippen LogP contribution >= 0.6 is 0 Å². The number of nitrogens with zero attached hydrogens (tertiary/aromatic N) is 3. The van der Waals surface area contributed by atoms with Crippen LogP contribution in [0, 0.1) is 13.8 Å². The third kappa shape index (κ3) is 2.53. The lowest BCUT2D eigenvalue weighted by atomic mass is 9.99. The van der Waals surface area contributed by atoms with Crippen LogP contribution in [0.5, 0.6) is 0 Å². The number of hydrogen-bond acceptors (Lipinski definition) is 3. The molecule has 1 aromatic carbocycles. The molecule has 0 fully saturated rings. The fourth-order valence-corrected chi connectivity index (χ4v) is 1.81. The van der Waals surface area contributed by atoms with Gasteiger partial charge in [0, 0.05) is 19.5 Å². The Morgan fingerprint density at radius 1 is 1.29 bits per heavy atom. The molecule has 0 saturated carbocycles. The monoisotopic (exact) mass is 230 g/mol. The van der Waals surface area contributed by atoms with Crippen LogP contribution in [0.2, 0.25) is 0 Å². The van der Waals surface area contributed by atoms with E-state index in [1.165, 1.54) is 11.1 Å². The predicted molar refractivity (Wildman–Crippen MR) is 67.6 cm³/mol. The van der Waals surface area contributed by atoms with E-state index < -0.39 is 0 Å². The zero-order valence-electron chi connectivity index (χ0n) is 10.5. The first-order chi connectivity index (χ1) is 8.08. The molecule has 17 heavy (non-hydrogen) atoms. The van der Waals surface area contributed by atoms with Gasteiger partial charge in [0.25, 0.3) is 0 Å². The molecular formula is C13H18N4. The number of aryl methyl sites for hydroxylation is 3. The third-order valence-electron chi connectivity index (χ3n) is 3.17. The Hall–Kier alpha value is -1.68. The van der Waals surface area contributed by atoms with Crippen LogP contribution in [-0.4, -0.2) is 14.8 Å². The Morgan fingerprint density at radius 3 is 2.65 bits per heavy atom. The second-order valence-electron chi connectivity index (χ2n) is 4.45. The van der Waals surface area contributed by atoms with Gasteiger partial charge >= 0.3 is 0 Å². The highest BCUT2D eigenvalue weighted by Gasteiger charge is 2.11. The van der Waals surface area contributed by atoms with Crippen LogP contribution in [-0.2, 0) is 13.5 Å². The third-order valence-corrected chi connectivity index (χ3v) is 3.17. The highest BCUT2D eigenvalue weighted by molar-refractivity contribution is 5.31. The molecule has 2 aromatic rings. The number of rotatable bonds is 3. The summed E-state index contributed by atoms with van der Waals surface area (Å²) in [5.41, 5.74) is 9.91. The van der Waals surface area contributed by atoms with Crippen LogP contribution in [0.25, 0.3) is 0 Å². The zero-order valence-corrected chi connectivity index (χ0v) is 10.5. The molecule has 90 valence electrons. The predicted octanol–water partition coefficient (Wildman–Crippen LogP) is 1.67. The van der Waals surface area contributed by atoms with Gasteiger partial charge in [0.15, 0.2) is 0 Å². The van der Waals surface area contributed by atoms with Crippen LogP contribution in [0.15, 0.2) is 24.5 Å². The first-order valence-electron chi connectivity index (χ1n) is 5.73. The lowest BCUT2D eigenvalue weighted by molar-refractivity contribution is 0.629. The molecule has 0 amide bonds. The van der Waals surface area contributed by atoms with E-state index in [0.717, 1.165) is 11.4 Å². The molecule has 1 aromatic heterocycles. The topological polar surface area (TPSA) is 56.7 Å². The van der Waals surface area contributed by atoms with Crippen LogP contribution in [0.1, 0.15) is 28.6 Å². The van der Waals surface area contributed by atoms with Crippen LogP contribution < -0.4 is 5.73 Å². The minimum Gasteiger partial charge on any atom is -0.324 e. The van der Waals surface area contributed by atoms with Crippen molar-refractivity contribution in [1.82, 2.24) is 14.8 Å². The van der Waals surface area contributed by atoms with E-state index in [1.807, 2.05) is 7.05 Å². The van der Waals surface area contributed by atoms with E-state index in [9.17, 15) is 0 Å². The van der Waals surface area contributed by atoms with Gasteiger partial charge in [-0.2, -0.15) is 5.10 Å². The van der Waals surface area contributed by atoms with E-state index in [1.54, 1.807) is 11.0 Å². The lowest BCUT2D eigenvalue weighted by Crippen LogP contribution is -2.16. The van der Waals surface area contributed by atoms with Gasteiger partial charge in [-0.25, -0.2) is 4.98 Å². The fraction of sp³-hybridized carbons (Fsp3) is 0.385. The highest BCUT2D eigenvalue weighted by atomic mass is 15.3. The molecule has 0 saturated heterocycles. The smallest absolute Gasteiger partial charge is 0.138 e. The van der Waals surface area contributed by atoms with Gasteiger partial charge in [-0.1, -0.05) is 18.2 Å². The van der Waals surface area contributed by atoms with Gasteiger partial charge in [-0.05, 0) is 30.5 Å². The second kappa shape index (κ2) is 4.67. The average Bonchev–Trinajstić information content (AvgIpc) is 2.68. The summed E-state index contributed by atoms with van der Waals surface area (Å²) in [6.07, 6.45) is 2.27. The van der Waals surface area contributed by atoms with Gasteiger partial charge in [0.2, 0.25) is 0 Å². The minimum atomic E-state index is -0.0304. The molecule has 2 N–H and O–H groups in total. The van der Waals surface area contributed by atoms with E-state index in [-0.39, 0.29) is 6.04 Å². The molecule has 1 unspecified atom stereocenters. The van der Waals surface area contributed by atoms with Crippen LogP contribution in [0.4, 0.5) is 0 Å². The molecule has 1 atom stereocenters. The Morgan fingerprint density at radius 2 is 2.06 bits per heavy atom. The summed E-state index contributed by atoms with van der Waals surface area (Å²) in [6.45, 7) is 4.21. The number of nitrogens with two attached hydrogens (primary N) is 1. The largest absolute Gasteiger partial charge is 0.324 e. The Bertz CT molecular complexity index is 516. The number of benzene rings is 1.